The summed E-state index contributed by atoms with van der Waals surface area (Å²) in [5.74, 6) is 0.655. The van der Waals surface area contributed by atoms with Crippen LogP contribution in [-0.2, 0) is 0 Å². The van der Waals surface area contributed by atoms with Gasteiger partial charge >= 0.3 is 5.97 Å². The summed E-state index contributed by atoms with van der Waals surface area (Å²) in [7, 11) is 3.89. The van der Waals surface area contributed by atoms with E-state index in [2.05, 4.69) is 4.98 Å². The first kappa shape index (κ1) is 11.1. The van der Waals surface area contributed by atoms with Gasteiger partial charge in [0.1, 0.15) is 5.82 Å². The van der Waals surface area contributed by atoms with Crippen molar-refractivity contribution in [2.45, 2.75) is 18.8 Å². The van der Waals surface area contributed by atoms with Crippen LogP contribution in [0, 0.1) is 0 Å². The number of carbonyl (C=O) groups is 1. The fourth-order valence-corrected chi connectivity index (χ4v) is 2.24. The van der Waals surface area contributed by atoms with Crippen LogP contribution in [0.15, 0.2) is 18.2 Å². The summed E-state index contributed by atoms with van der Waals surface area (Å²) < 4.78 is 2.01. The smallest absolute Gasteiger partial charge is 0.335 e. The summed E-state index contributed by atoms with van der Waals surface area (Å²) in [6.07, 6.45) is 2.34. The van der Waals surface area contributed by atoms with Crippen molar-refractivity contribution in [2.75, 3.05) is 19.1 Å². The first-order valence-electron chi connectivity index (χ1n) is 6.01. The summed E-state index contributed by atoms with van der Waals surface area (Å²) in [5, 5.41) is 11.0. The Balaban J connectivity index is 2.25. The molecule has 1 aromatic heterocycles. The third-order valence-corrected chi connectivity index (χ3v) is 3.25. The van der Waals surface area contributed by atoms with Gasteiger partial charge in [-0.1, -0.05) is 0 Å². The van der Waals surface area contributed by atoms with E-state index in [-0.39, 0.29) is 0 Å². The second kappa shape index (κ2) is 3.73. The zero-order valence-corrected chi connectivity index (χ0v) is 10.4. The molecule has 1 N–H and O–H groups in total. The summed E-state index contributed by atoms with van der Waals surface area (Å²) in [5.41, 5.74) is 2.02. The summed E-state index contributed by atoms with van der Waals surface area (Å²) in [6.45, 7) is 0. The average Bonchev–Trinajstić information content (AvgIpc) is 3.08. The molecule has 1 aliphatic carbocycles. The predicted molar refractivity (Wildman–Crippen MR) is 68.7 cm³/mol. The minimum atomic E-state index is -0.906. The number of hydrogen-bond acceptors (Lipinski definition) is 3. The normalized spacial score (nSPS) is 15.0. The third-order valence-electron chi connectivity index (χ3n) is 3.25. The average molecular weight is 245 g/mol. The molecule has 1 saturated carbocycles. The lowest BCUT2D eigenvalue weighted by Gasteiger charge is -2.18. The summed E-state index contributed by atoms with van der Waals surface area (Å²) >= 11 is 0. The Hall–Kier alpha value is -2.04. The molecule has 0 unspecified atom stereocenters. The molecule has 0 aliphatic heterocycles. The molecule has 0 saturated heterocycles. The zero-order chi connectivity index (χ0) is 12.9. The third kappa shape index (κ3) is 1.63. The maximum Gasteiger partial charge on any atom is 0.335 e. The van der Waals surface area contributed by atoms with Crippen molar-refractivity contribution < 1.29 is 9.90 Å². The maximum atomic E-state index is 11.0. The molecule has 0 bridgehead atoms. The lowest BCUT2D eigenvalue weighted by Crippen LogP contribution is -2.26. The van der Waals surface area contributed by atoms with E-state index in [4.69, 9.17) is 5.11 Å². The van der Waals surface area contributed by atoms with Crippen molar-refractivity contribution in [3.63, 3.8) is 0 Å². The van der Waals surface area contributed by atoms with Crippen molar-refractivity contribution in [1.82, 2.24) is 9.66 Å². The monoisotopic (exact) mass is 245 g/mol. The van der Waals surface area contributed by atoms with Crippen LogP contribution in [0.25, 0.3) is 11.0 Å². The maximum absolute atomic E-state index is 11.0. The molecule has 1 aliphatic rings. The van der Waals surface area contributed by atoms with Gasteiger partial charge in [-0.3, -0.25) is 0 Å². The van der Waals surface area contributed by atoms with E-state index in [9.17, 15) is 4.79 Å². The zero-order valence-electron chi connectivity index (χ0n) is 10.4. The van der Waals surface area contributed by atoms with Gasteiger partial charge in [0.15, 0.2) is 0 Å². The van der Waals surface area contributed by atoms with Crippen molar-refractivity contribution in [3.05, 3.63) is 29.6 Å². The van der Waals surface area contributed by atoms with Crippen LogP contribution in [0.2, 0.25) is 0 Å². The van der Waals surface area contributed by atoms with Gasteiger partial charge in [0.05, 0.1) is 16.6 Å². The molecule has 0 radical (unpaired) electrons. The molecule has 0 atom stereocenters. The Kier molecular flexibility index (Phi) is 2.29. The van der Waals surface area contributed by atoms with E-state index in [0.717, 1.165) is 16.9 Å². The molecule has 0 spiro atoms. The molecule has 1 fully saturated rings. The van der Waals surface area contributed by atoms with Gasteiger partial charge in [0, 0.05) is 20.0 Å². The topological polar surface area (TPSA) is 58.4 Å². The predicted octanol–water partition coefficient (Wildman–Crippen LogP) is 1.81. The van der Waals surface area contributed by atoms with Crippen molar-refractivity contribution in [1.29, 1.82) is 0 Å². The largest absolute Gasteiger partial charge is 0.478 e. The summed E-state index contributed by atoms with van der Waals surface area (Å²) in [4.78, 5) is 15.7. The highest BCUT2D eigenvalue weighted by Gasteiger charge is 2.30. The van der Waals surface area contributed by atoms with Gasteiger partial charge in [0.2, 0.25) is 0 Å². The van der Waals surface area contributed by atoms with Gasteiger partial charge in [-0.25, -0.2) is 14.5 Å². The second-order valence-electron chi connectivity index (χ2n) is 4.91. The molecule has 5 nitrogen and oxygen atoms in total. The van der Waals surface area contributed by atoms with E-state index in [1.54, 1.807) is 18.2 Å². The number of rotatable bonds is 3. The van der Waals surface area contributed by atoms with Gasteiger partial charge in [0.25, 0.3) is 0 Å². The van der Waals surface area contributed by atoms with Crippen molar-refractivity contribution in [3.8, 4) is 0 Å². The minimum Gasteiger partial charge on any atom is -0.478 e. The highest BCUT2D eigenvalue weighted by atomic mass is 16.4. The van der Waals surface area contributed by atoms with Crippen LogP contribution in [0.5, 0.6) is 0 Å². The Morgan fingerprint density at radius 2 is 2.17 bits per heavy atom. The molecule has 94 valence electrons. The number of nitrogens with zero attached hydrogens (tertiary/aromatic N) is 3. The van der Waals surface area contributed by atoms with Crippen molar-refractivity contribution in [2.24, 2.45) is 0 Å². The highest BCUT2D eigenvalue weighted by molar-refractivity contribution is 5.92. The van der Waals surface area contributed by atoms with E-state index < -0.39 is 5.97 Å². The fourth-order valence-electron chi connectivity index (χ4n) is 2.24. The standard InChI is InChI=1S/C13H15N3O2/c1-15(2)16-11-7-9(13(17)18)5-6-10(11)14-12(16)8-3-4-8/h5-8H,3-4H2,1-2H3,(H,17,18). The molecular weight excluding hydrogens is 230 g/mol. The fraction of sp³-hybridized carbons (Fsp3) is 0.385. The number of fused-ring (bicyclic) bond motifs is 1. The van der Waals surface area contributed by atoms with Gasteiger partial charge < -0.3 is 10.1 Å². The molecule has 2 aromatic rings. The minimum absolute atomic E-state index is 0.299. The second-order valence-corrected chi connectivity index (χ2v) is 4.91. The van der Waals surface area contributed by atoms with Gasteiger partial charge in [-0.2, -0.15) is 0 Å². The number of aromatic carboxylic acids is 1. The molecule has 5 heteroatoms. The quantitative estimate of drug-likeness (QED) is 0.896. The van der Waals surface area contributed by atoms with Crippen LogP contribution >= 0.6 is 0 Å². The number of aromatic nitrogens is 2. The molecule has 0 amide bonds. The molecule has 1 heterocycles. The lowest BCUT2D eigenvalue weighted by molar-refractivity contribution is 0.0697. The first-order valence-corrected chi connectivity index (χ1v) is 6.01. The number of carboxylic acids is 1. The van der Waals surface area contributed by atoms with E-state index in [0.29, 0.717) is 11.5 Å². The van der Waals surface area contributed by atoms with E-state index in [1.165, 1.54) is 12.8 Å². The Bertz CT molecular complexity index is 626. The number of benzene rings is 1. The number of hydrogen-bond donors (Lipinski definition) is 1. The van der Waals surface area contributed by atoms with E-state index >= 15 is 0 Å². The van der Waals surface area contributed by atoms with E-state index in [1.807, 2.05) is 23.8 Å². The molecule has 1 aromatic carbocycles. The Morgan fingerprint density at radius 3 is 2.72 bits per heavy atom. The van der Waals surface area contributed by atoms with Gasteiger partial charge in [-0.15, -0.1) is 0 Å². The summed E-state index contributed by atoms with van der Waals surface area (Å²) in [6, 6.07) is 5.08. The highest BCUT2D eigenvalue weighted by Crippen LogP contribution is 2.40. The first-order chi connectivity index (χ1) is 8.58. The van der Waals surface area contributed by atoms with Crippen LogP contribution < -0.4 is 5.01 Å². The Morgan fingerprint density at radius 1 is 1.44 bits per heavy atom. The molecule has 3 rings (SSSR count). The van der Waals surface area contributed by atoms with Crippen LogP contribution in [0.1, 0.15) is 34.9 Å². The molecule has 18 heavy (non-hydrogen) atoms. The SMILES string of the molecule is CN(C)n1c(C2CC2)nc2ccc(C(=O)O)cc21. The van der Waals surface area contributed by atoms with Crippen LogP contribution in [0.3, 0.4) is 0 Å². The van der Waals surface area contributed by atoms with Gasteiger partial charge in [-0.05, 0) is 31.0 Å². The van der Waals surface area contributed by atoms with Crippen LogP contribution in [-0.4, -0.2) is 34.8 Å². The lowest BCUT2D eigenvalue weighted by atomic mass is 10.2. The number of carboxylic acid groups (broad SMARTS) is 1. The molecular formula is C13H15N3O2. The van der Waals surface area contributed by atoms with Crippen LogP contribution in [0.4, 0.5) is 0 Å². The van der Waals surface area contributed by atoms with Crippen molar-refractivity contribution >= 4 is 17.0 Å². The Labute approximate surface area is 105 Å². The number of imidazole rings is 1.